The van der Waals surface area contributed by atoms with Crippen LogP contribution in [0.3, 0.4) is 0 Å². The minimum atomic E-state index is -3.88. The van der Waals surface area contributed by atoms with Crippen LogP contribution in [0.25, 0.3) is 0 Å². The second kappa shape index (κ2) is 11.7. The van der Waals surface area contributed by atoms with Gasteiger partial charge < -0.3 is 14.8 Å². The highest BCUT2D eigenvalue weighted by Gasteiger charge is 2.18. The number of carbonyl (C=O) groups excluding carboxylic acids is 1. The Hall–Kier alpha value is -3.23. The Morgan fingerprint density at radius 2 is 1.61 bits per heavy atom. The lowest BCUT2D eigenvalue weighted by molar-refractivity contribution is -0.123. The van der Waals surface area contributed by atoms with Gasteiger partial charge in [-0.05, 0) is 99.3 Å². The molecular formula is C27H31ClN2O5S. The normalized spacial score (nSPS) is 12.1. The van der Waals surface area contributed by atoms with Gasteiger partial charge in [0, 0.05) is 5.69 Å². The van der Waals surface area contributed by atoms with Gasteiger partial charge in [0.15, 0.2) is 6.61 Å². The summed E-state index contributed by atoms with van der Waals surface area (Å²) in [5.41, 5.74) is 4.89. The van der Waals surface area contributed by atoms with Crippen LogP contribution < -0.4 is 19.5 Å². The average Bonchev–Trinajstić information content (AvgIpc) is 2.81. The van der Waals surface area contributed by atoms with E-state index >= 15 is 0 Å². The Bertz CT molecular complexity index is 1340. The van der Waals surface area contributed by atoms with Crippen molar-refractivity contribution in [3.8, 4) is 11.5 Å². The zero-order valence-electron chi connectivity index (χ0n) is 21.0. The number of hydrogen-bond donors (Lipinski definition) is 2. The van der Waals surface area contributed by atoms with Gasteiger partial charge >= 0.3 is 0 Å². The summed E-state index contributed by atoms with van der Waals surface area (Å²) in [6.07, 6.45) is 0. The van der Waals surface area contributed by atoms with Crippen molar-refractivity contribution in [3.05, 3.63) is 81.9 Å². The van der Waals surface area contributed by atoms with Gasteiger partial charge in [-0.25, -0.2) is 8.42 Å². The Morgan fingerprint density at radius 3 is 2.25 bits per heavy atom. The van der Waals surface area contributed by atoms with Crippen molar-refractivity contribution in [1.29, 1.82) is 0 Å². The maximum absolute atomic E-state index is 12.8. The van der Waals surface area contributed by atoms with Crippen LogP contribution in [0.1, 0.15) is 42.1 Å². The average molecular weight is 531 g/mol. The molecule has 0 heterocycles. The van der Waals surface area contributed by atoms with Crippen LogP contribution in [-0.4, -0.2) is 27.5 Å². The number of halogens is 1. The number of carbonyl (C=O) groups is 1. The summed E-state index contributed by atoms with van der Waals surface area (Å²) >= 11 is 6.27. The second-order valence-electron chi connectivity index (χ2n) is 8.53. The Labute approximate surface area is 217 Å². The largest absolute Gasteiger partial charge is 0.494 e. The highest BCUT2D eigenvalue weighted by Crippen LogP contribution is 2.29. The molecule has 36 heavy (non-hydrogen) atoms. The van der Waals surface area contributed by atoms with Crippen molar-refractivity contribution < 1.29 is 22.7 Å². The van der Waals surface area contributed by atoms with Gasteiger partial charge in [-0.2, -0.15) is 0 Å². The van der Waals surface area contributed by atoms with Crippen LogP contribution in [0.15, 0.2) is 59.5 Å². The number of sulfonamides is 1. The number of aryl methyl sites for hydroxylation is 3. The van der Waals surface area contributed by atoms with Crippen molar-refractivity contribution in [2.45, 2.75) is 45.6 Å². The van der Waals surface area contributed by atoms with Crippen LogP contribution in [0, 0.1) is 20.8 Å². The molecule has 0 bridgehead atoms. The number of benzene rings is 3. The quantitative estimate of drug-likeness (QED) is 0.349. The molecule has 0 aliphatic heterocycles. The third-order valence-electron chi connectivity index (χ3n) is 5.72. The lowest BCUT2D eigenvalue weighted by atomic mass is 9.96. The fraction of sp³-hybridized carbons (Fsp3) is 0.296. The zero-order chi connectivity index (χ0) is 26.5. The first kappa shape index (κ1) is 27.4. The molecule has 7 nitrogen and oxygen atoms in total. The van der Waals surface area contributed by atoms with Crippen LogP contribution >= 0.6 is 11.6 Å². The first-order valence-electron chi connectivity index (χ1n) is 11.5. The predicted molar refractivity (Wildman–Crippen MR) is 143 cm³/mol. The summed E-state index contributed by atoms with van der Waals surface area (Å²) in [6, 6.07) is 14.6. The standard InChI is InChI=1S/C27H31ClN2O5S/c1-6-34-22-9-7-21(8-10-22)30-36(32,33)23-11-12-26(25(28)15-23)35-16-27(31)29-20(5)24-14-18(3)17(2)13-19(24)4/h7-15,20,30H,6,16H2,1-5H3,(H,29,31)/t20-/m1/s1. The molecule has 0 saturated carbocycles. The SMILES string of the molecule is CCOc1ccc(NS(=O)(=O)c2ccc(OCC(=O)N[C@H](C)c3cc(C)c(C)cc3C)c(Cl)c2)cc1. The maximum Gasteiger partial charge on any atom is 0.261 e. The third kappa shape index (κ3) is 6.92. The van der Waals surface area contributed by atoms with Crippen molar-refractivity contribution in [3.63, 3.8) is 0 Å². The Kier molecular flexibility index (Phi) is 8.87. The van der Waals surface area contributed by atoms with E-state index in [9.17, 15) is 13.2 Å². The topological polar surface area (TPSA) is 93.7 Å². The van der Waals surface area contributed by atoms with E-state index in [2.05, 4.69) is 29.1 Å². The monoisotopic (exact) mass is 530 g/mol. The Balaban J connectivity index is 1.61. The molecular weight excluding hydrogens is 500 g/mol. The van der Waals surface area contributed by atoms with Gasteiger partial charge in [-0.3, -0.25) is 9.52 Å². The molecule has 3 rings (SSSR count). The number of amides is 1. The van der Waals surface area contributed by atoms with Gasteiger partial charge in [0.05, 0.1) is 22.6 Å². The van der Waals surface area contributed by atoms with Gasteiger partial charge in [0.25, 0.3) is 15.9 Å². The fourth-order valence-corrected chi connectivity index (χ4v) is 5.10. The highest BCUT2D eigenvalue weighted by atomic mass is 35.5. The zero-order valence-corrected chi connectivity index (χ0v) is 22.6. The molecule has 1 atom stereocenters. The summed E-state index contributed by atoms with van der Waals surface area (Å²) in [5.74, 6) is 0.541. The number of hydrogen-bond acceptors (Lipinski definition) is 5. The highest BCUT2D eigenvalue weighted by molar-refractivity contribution is 7.92. The molecule has 0 spiro atoms. The molecule has 0 aliphatic carbocycles. The van der Waals surface area contributed by atoms with E-state index in [0.717, 1.165) is 16.7 Å². The first-order valence-corrected chi connectivity index (χ1v) is 13.4. The van der Waals surface area contributed by atoms with E-state index in [1.807, 2.05) is 27.7 Å². The molecule has 0 fully saturated rings. The van der Waals surface area contributed by atoms with E-state index in [1.54, 1.807) is 24.3 Å². The molecule has 0 aromatic heterocycles. The maximum atomic E-state index is 12.8. The van der Waals surface area contributed by atoms with Gasteiger partial charge in [0.2, 0.25) is 0 Å². The fourth-order valence-electron chi connectivity index (χ4n) is 3.72. The van der Waals surface area contributed by atoms with E-state index in [4.69, 9.17) is 21.1 Å². The van der Waals surface area contributed by atoms with Gasteiger partial charge in [0.1, 0.15) is 11.5 Å². The molecule has 3 aromatic rings. The summed E-state index contributed by atoms with van der Waals surface area (Å²) in [4.78, 5) is 12.4. The van der Waals surface area contributed by atoms with Gasteiger partial charge in [-0.1, -0.05) is 23.7 Å². The minimum Gasteiger partial charge on any atom is -0.494 e. The summed E-state index contributed by atoms with van der Waals surface area (Å²) in [6.45, 7) is 10.2. The van der Waals surface area contributed by atoms with E-state index in [1.165, 1.54) is 23.8 Å². The minimum absolute atomic E-state index is 0.0305. The van der Waals surface area contributed by atoms with Crippen molar-refractivity contribution >= 4 is 33.2 Å². The Morgan fingerprint density at radius 1 is 0.944 bits per heavy atom. The van der Waals surface area contributed by atoms with Crippen LogP contribution in [0.2, 0.25) is 5.02 Å². The van der Waals surface area contributed by atoms with Crippen LogP contribution in [0.5, 0.6) is 11.5 Å². The van der Waals surface area contributed by atoms with Crippen LogP contribution in [0.4, 0.5) is 5.69 Å². The lowest BCUT2D eigenvalue weighted by Gasteiger charge is -2.19. The third-order valence-corrected chi connectivity index (χ3v) is 7.39. The molecule has 3 aromatic carbocycles. The molecule has 2 N–H and O–H groups in total. The molecule has 0 radical (unpaired) electrons. The molecule has 192 valence electrons. The number of rotatable bonds is 10. The summed E-state index contributed by atoms with van der Waals surface area (Å²) in [5, 5.41) is 3.01. The molecule has 0 unspecified atom stereocenters. The van der Waals surface area contributed by atoms with Crippen molar-refractivity contribution in [2.75, 3.05) is 17.9 Å². The van der Waals surface area contributed by atoms with Gasteiger partial charge in [-0.15, -0.1) is 0 Å². The molecule has 1 amide bonds. The van der Waals surface area contributed by atoms with Crippen molar-refractivity contribution in [1.82, 2.24) is 5.32 Å². The molecule has 9 heteroatoms. The summed E-state index contributed by atoms with van der Waals surface area (Å²) < 4.78 is 39.0. The lowest BCUT2D eigenvalue weighted by Crippen LogP contribution is -2.31. The van der Waals surface area contributed by atoms with E-state index < -0.39 is 10.0 Å². The second-order valence-corrected chi connectivity index (χ2v) is 10.6. The predicted octanol–water partition coefficient (Wildman–Crippen LogP) is 5.72. The van der Waals surface area contributed by atoms with Crippen molar-refractivity contribution in [2.24, 2.45) is 0 Å². The summed E-state index contributed by atoms with van der Waals surface area (Å²) in [7, 11) is -3.88. The van der Waals surface area contributed by atoms with Crippen LogP contribution in [-0.2, 0) is 14.8 Å². The van der Waals surface area contributed by atoms with E-state index in [0.29, 0.717) is 18.0 Å². The number of anilines is 1. The smallest absolute Gasteiger partial charge is 0.261 e. The van der Waals surface area contributed by atoms with E-state index in [-0.39, 0.29) is 34.2 Å². The number of nitrogens with one attached hydrogen (secondary N) is 2. The number of ether oxygens (including phenoxy) is 2. The molecule has 0 aliphatic rings. The first-order chi connectivity index (χ1) is 17.0. The molecule has 0 saturated heterocycles.